The third-order valence-corrected chi connectivity index (χ3v) is 2.94. The molecule has 0 aliphatic carbocycles. The molecule has 0 aliphatic heterocycles. The number of nitro benzene ring substituents is 1. The van der Waals surface area contributed by atoms with Crippen molar-refractivity contribution < 1.29 is 14.1 Å². The molecule has 0 unspecified atom stereocenters. The van der Waals surface area contributed by atoms with Crippen LogP contribution in [0.5, 0.6) is 5.75 Å². The van der Waals surface area contributed by atoms with Crippen molar-refractivity contribution in [2.24, 2.45) is 5.73 Å². The summed E-state index contributed by atoms with van der Waals surface area (Å²) in [7, 11) is 0. The number of halogens is 1. The van der Waals surface area contributed by atoms with Crippen molar-refractivity contribution in [2.45, 2.75) is 19.6 Å². The van der Waals surface area contributed by atoms with Gasteiger partial charge in [-0.15, -0.1) is 0 Å². The second kappa shape index (κ2) is 6.32. The highest BCUT2D eigenvalue weighted by molar-refractivity contribution is 5.35. The first-order valence-corrected chi connectivity index (χ1v) is 6.38. The molecular formula is C15H15FN2O3. The minimum absolute atomic E-state index is 0.0427. The van der Waals surface area contributed by atoms with E-state index in [-0.39, 0.29) is 18.3 Å². The Morgan fingerprint density at radius 3 is 2.76 bits per heavy atom. The number of ether oxygens (including phenoxy) is 1. The molecule has 0 heterocycles. The summed E-state index contributed by atoms with van der Waals surface area (Å²) in [5, 5.41) is 10.7. The highest BCUT2D eigenvalue weighted by Gasteiger charge is 2.10. The van der Waals surface area contributed by atoms with Gasteiger partial charge in [-0.05, 0) is 36.2 Å². The van der Waals surface area contributed by atoms with Gasteiger partial charge >= 0.3 is 0 Å². The molecule has 0 fully saturated rings. The van der Waals surface area contributed by atoms with Gasteiger partial charge in [0.15, 0.2) is 0 Å². The molecule has 0 saturated heterocycles. The molecule has 21 heavy (non-hydrogen) atoms. The van der Waals surface area contributed by atoms with Gasteiger partial charge in [0.2, 0.25) is 0 Å². The molecule has 110 valence electrons. The van der Waals surface area contributed by atoms with Crippen molar-refractivity contribution in [3.05, 3.63) is 69.5 Å². The predicted octanol–water partition coefficient (Wildman–Crippen LogP) is 3.33. The second-order valence-electron chi connectivity index (χ2n) is 4.72. The fourth-order valence-corrected chi connectivity index (χ4v) is 1.88. The van der Waals surface area contributed by atoms with Gasteiger partial charge in [-0.25, -0.2) is 4.39 Å². The lowest BCUT2D eigenvalue weighted by Gasteiger charge is -2.10. The molecule has 0 bridgehead atoms. The standard InChI is InChI=1S/C15H15FN2O3/c1-10(17)12-3-2-4-15(7-12)21-9-11-5-13(16)8-14(6-11)18(19)20/h2-8,10H,9,17H2,1H3/t10-/m1/s1. The van der Waals surface area contributed by atoms with E-state index in [1.54, 1.807) is 12.1 Å². The Hall–Kier alpha value is -2.47. The predicted molar refractivity (Wildman–Crippen MR) is 76.4 cm³/mol. The molecule has 0 spiro atoms. The number of nitro groups is 1. The van der Waals surface area contributed by atoms with E-state index in [1.165, 1.54) is 12.1 Å². The summed E-state index contributed by atoms with van der Waals surface area (Å²) in [4.78, 5) is 10.0. The zero-order chi connectivity index (χ0) is 15.4. The number of nitrogens with two attached hydrogens (primary N) is 1. The van der Waals surface area contributed by atoms with Crippen molar-refractivity contribution in [1.29, 1.82) is 0 Å². The molecule has 0 radical (unpaired) electrons. The Bertz CT molecular complexity index is 659. The van der Waals surface area contributed by atoms with Crippen LogP contribution in [0.4, 0.5) is 10.1 Å². The normalized spacial score (nSPS) is 12.0. The topological polar surface area (TPSA) is 78.4 Å². The van der Waals surface area contributed by atoms with E-state index in [0.29, 0.717) is 11.3 Å². The molecule has 5 nitrogen and oxygen atoms in total. The van der Waals surface area contributed by atoms with Crippen molar-refractivity contribution in [2.75, 3.05) is 0 Å². The molecule has 2 N–H and O–H groups in total. The summed E-state index contributed by atoms with van der Waals surface area (Å²) in [6.45, 7) is 1.90. The lowest BCUT2D eigenvalue weighted by molar-refractivity contribution is -0.385. The summed E-state index contributed by atoms with van der Waals surface area (Å²) < 4.78 is 18.8. The quantitative estimate of drug-likeness (QED) is 0.676. The van der Waals surface area contributed by atoms with Crippen molar-refractivity contribution in [1.82, 2.24) is 0 Å². The maximum Gasteiger partial charge on any atom is 0.272 e. The molecule has 2 aromatic carbocycles. The number of nitrogens with zero attached hydrogens (tertiary/aromatic N) is 1. The average Bonchev–Trinajstić information content (AvgIpc) is 2.45. The van der Waals surface area contributed by atoms with Crippen LogP contribution in [0, 0.1) is 15.9 Å². The Kier molecular flexibility index (Phi) is 4.49. The van der Waals surface area contributed by atoms with Gasteiger partial charge < -0.3 is 10.5 Å². The first-order valence-electron chi connectivity index (χ1n) is 6.38. The molecular weight excluding hydrogens is 275 g/mol. The van der Waals surface area contributed by atoms with E-state index in [9.17, 15) is 14.5 Å². The monoisotopic (exact) mass is 290 g/mol. The van der Waals surface area contributed by atoms with Gasteiger partial charge in [-0.3, -0.25) is 10.1 Å². The molecule has 0 amide bonds. The second-order valence-corrected chi connectivity index (χ2v) is 4.72. The van der Waals surface area contributed by atoms with E-state index in [1.807, 2.05) is 19.1 Å². The lowest BCUT2D eigenvalue weighted by atomic mass is 10.1. The van der Waals surface area contributed by atoms with Gasteiger partial charge in [0.1, 0.15) is 18.2 Å². The number of benzene rings is 2. The number of non-ortho nitro benzene ring substituents is 1. The van der Waals surface area contributed by atoms with Crippen LogP contribution in [0.25, 0.3) is 0 Å². The Morgan fingerprint density at radius 1 is 1.33 bits per heavy atom. The zero-order valence-corrected chi connectivity index (χ0v) is 11.5. The summed E-state index contributed by atoms with van der Waals surface area (Å²) >= 11 is 0. The van der Waals surface area contributed by atoms with Crippen LogP contribution in [0.2, 0.25) is 0 Å². The fourth-order valence-electron chi connectivity index (χ4n) is 1.88. The van der Waals surface area contributed by atoms with Crippen LogP contribution in [0.3, 0.4) is 0 Å². The van der Waals surface area contributed by atoms with E-state index in [0.717, 1.165) is 11.6 Å². The van der Waals surface area contributed by atoms with Gasteiger partial charge in [-0.1, -0.05) is 12.1 Å². The zero-order valence-electron chi connectivity index (χ0n) is 11.5. The van der Waals surface area contributed by atoms with Crippen molar-refractivity contribution in [3.63, 3.8) is 0 Å². The Labute approximate surface area is 121 Å². The van der Waals surface area contributed by atoms with Gasteiger partial charge in [0.05, 0.1) is 11.0 Å². The molecule has 0 saturated carbocycles. The third kappa shape index (κ3) is 4.00. The minimum atomic E-state index is -0.660. The van der Waals surface area contributed by atoms with Crippen LogP contribution in [0.1, 0.15) is 24.1 Å². The first kappa shape index (κ1) is 14.9. The summed E-state index contributed by atoms with van der Waals surface area (Å²) in [5.41, 5.74) is 6.80. The molecule has 1 atom stereocenters. The molecule has 0 aromatic heterocycles. The van der Waals surface area contributed by atoms with Crippen molar-refractivity contribution >= 4 is 5.69 Å². The van der Waals surface area contributed by atoms with Gasteiger partial charge in [-0.2, -0.15) is 0 Å². The summed E-state index contributed by atoms with van der Waals surface area (Å²) in [5.74, 6) is -0.0798. The highest BCUT2D eigenvalue weighted by atomic mass is 19.1. The maximum absolute atomic E-state index is 13.3. The van der Waals surface area contributed by atoms with E-state index >= 15 is 0 Å². The maximum atomic E-state index is 13.3. The Morgan fingerprint density at radius 2 is 2.10 bits per heavy atom. The minimum Gasteiger partial charge on any atom is -0.489 e. The molecule has 2 aromatic rings. The SMILES string of the molecule is C[C@@H](N)c1cccc(OCc2cc(F)cc([N+](=O)[O-])c2)c1. The molecule has 6 heteroatoms. The van der Waals surface area contributed by atoms with E-state index < -0.39 is 10.7 Å². The average molecular weight is 290 g/mol. The van der Waals surface area contributed by atoms with Crippen LogP contribution in [-0.4, -0.2) is 4.92 Å². The smallest absolute Gasteiger partial charge is 0.272 e. The first-order chi connectivity index (χ1) is 9.95. The fraction of sp³-hybridized carbons (Fsp3) is 0.200. The van der Waals surface area contributed by atoms with Crippen LogP contribution in [0.15, 0.2) is 42.5 Å². The summed E-state index contributed by atoms with van der Waals surface area (Å²) in [6, 6.07) is 10.5. The van der Waals surface area contributed by atoms with E-state index in [4.69, 9.17) is 10.5 Å². The molecule has 2 rings (SSSR count). The van der Waals surface area contributed by atoms with Crippen molar-refractivity contribution in [3.8, 4) is 5.75 Å². The van der Waals surface area contributed by atoms with Crippen LogP contribution in [-0.2, 0) is 6.61 Å². The van der Waals surface area contributed by atoms with E-state index in [2.05, 4.69) is 0 Å². The highest BCUT2D eigenvalue weighted by Crippen LogP contribution is 2.21. The number of hydrogen-bond acceptors (Lipinski definition) is 4. The number of rotatable bonds is 5. The van der Waals surface area contributed by atoms with Gasteiger partial charge in [0, 0.05) is 12.1 Å². The largest absolute Gasteiger partial charge is 0.489 e. The van der Waals surface area contributed by atoms with Gasteiger partial charge in [0.25, 0.3) is 5.69 Å². The summed E-state index contributed by atoms with van der Waals surface area (Å²) in [6.07, 6.45) is 0. The lowest BCUT2D eigenvalue weighted by Crippen LogP contribution is -2.05. The molecule has 0 aliphatic rings. The Balaban J connectivity index is 2.13. The third-order valence-electron chi connectivity index (χ3n) is 2.94. The van der Waals surface area contributed by atoms with Crippen LogP contribution >= 0.6 is 0 Å². The van der Waals surface area contributed by atoms with Crippen LogP contribution < -0.4 is 10.5 Å². The number of hydrogen-bond donors (Lipinski definition) is 1.